The van der Waals surface area contributed by atoms with E-state index in [0.29, 0.717) is 11.3 Å². The van der Waals surface area contributed by atoms with Gasteiger partial charge in [-0.2, -0.15) is 0 Å². The smallest absolute Gasteiger partial charge is 0.102 e. The molecule has 0 aromatic rings. The Balaban J connectivity index is 2.40. The second-order valence-electron chi connectivity index (χ2n) is 5.67. The Bertz CT molecular complexity index is 332. The van der Waals surface area contributed by atoms with Crippen LogP contribution < -0.4 is 5.84 Å². The molecular weight excluding hydrogens is 264 g/mol. The van der Waals surface area contributed by atoms with Crippen molar-refractivity contribution in [2.24, 2.45) is 11.8 Å². The molecule has 0 aromatic carbocycles. The summed E-state index contributed by atoms with van der Waals surface area (Å²) < 4.78 is 0. The fourth-order valence-corrected chi connectivity index (χ4v) is 2.70. The van der Waals surface area contributed by atoms with Crippen molar-refractivity contribution >= 4 is 0 Å². The molecule has 0 aliphatic heterocycles. The first-order valence-electron chi connectivity index (χ1n) is 8.12. The molecule has 120 valence electrons. The summed E-state index contributed by atoms with van der Waals surface area (Å²) in [6.07, 6.45) is 21.5. The summed E-state index contributed by atoms with van der Waals surface area (Å²) in [5.74, 6) is 5.86. The minimum atomic E-state index is -0.174. The van der Waals surface area contributed by atoms with Gasteiger partial charge < -0.3 is 0 Å². The maximum atomic E-state index is 9.08. The lowest BCUT2D eigenvalue weighted by atomic mass is 9.85. The molecule has 1 aliphatic rings. The van der Waals surface area contributed by atoms with Crippen molar-refractivity contribution in [3.05, 3.63) is 36.5 Å². The third-order valence-electron chi connectivity index (χ3n) is 3.78. The SMILES string of the molecule is CCC/C=C/C=C/C=C/C(CC1CCCCC1)ON(N)O. The highest BCUT2D eigenvalue weighted by Gasteiger charge is 2.19. The molecule has 0 aromatic heterocycles. The Hall–Kier alpha value is -0.940. The van der Waals surface area contributed by atoms with Crippen molar-refractivity contribution in [3.63, 3.8) is 0 Å². The summed E-state index contributed by atoms with van der Waals surface area (Å²) in [5.41, 5.74) is 0. The van der Waals surface area contributed by atoms with E-state index in [2.05, 4.69) is 13.0 Å². The van der Waals surface area contributed by atoms with Crippen LogP contribution in [-0.2, 0) is 4.84 Å². The molecule has 1 fully saturated rings. The van der Waals surface area contributed by atoms with Crippen LogP contribution in [0.5, 0.6) is 0 Å². The van der Waals surface area contributed by atoms with E-state index in [1.807, 2.05) is 30.4 Å². The van der Waals surface area contributed by atoms with Gasteiger partial charge in [-0.3, -0.25) is 10.0 Å². The molecule has 3 N–H and O–H groups in total. The summed E-state index contributed by atoms with van der Waals surface area (Å²) in [6, 6.07) is 0. The number of allylic oxidation sites excluding steroid dienone is 5. The van der Waals surface area contributed by atoms with Crippen LogP contribution in [-0.4, -0.2) is 16.6 Å². The molecule has 0 spiro atoms. The van der Waals surface area contributed by atoms with Crippen molar-refractivity contribution in [1.29, 1.82) is 0 Å². The monoisotopic (exact) mass is 294 g/mol. The lowest BCUT2D eigenvalue weighted by Crippen LogP contribution is -2.33. The molecule has 0 saturated heterocycles. The van der Waals surface area contributed by atoms with Crippen molar-refractivity contribution in [2.45, 2.75) is 64.4 Å². The summed E-state index contributed by atoms with van der Waals surface area (Å²) >= 11 is 0. The number of rotatable bonds is 9. The average Bonchev–Trinajstić information content (AvgIpc) is 2.46. The first-order valence-corrected chi connectivity index (χ1v) is 8.12. The zero-order valence-corrected chi connectivity index (χ0v) is 13.2. The predicted molar refractivity (Wildman–Crippen MR) is 86.2 cm³/mol. The van der Waals surface area contributed by atoms with Crippen molar-refractivity contribution in [2.75, 3.05) is 0 Å². The van der Waals surface area contributed by atoms with Gasteiger partial charge in [0.1, 0.15) is 6.10 Å². The van der Waals surface area contributed by atoms with Gasteiger partial charge in [0, 0.05) is 5.34 Å². The van der Waals surface area contributed by atoms with Crippen molar-refractivity contribution in [3.8, 4) is 0 Å². The van der Waals surface area contributed by atoms with Crippen molar-refractivity contribution < 1.29 is 10.0 Å². The zero-order valence-electron chi connectivity index (χ0n) is 13.2. The first-order chi connectivity index (χ1) is 10.2. The number of hydrazine groups is 1. The van der Waals surface area contributed by atoms with E-state index >= 15 is 0 Å². The van der Waals surface area contributed by atoms with Crippen molar-refractivity contribution in [1.82, 2.24) is 5.34 Å². The van der Waals surface area contributed by atoms with Crippen LogP contribution >= 0.6 is 0 Å². The van der Waals surface area contributed by atoms with E-state index in [1.165, 1.54) is 38.5 Å². The molecule has 0 bridgehead atoms. The van der Waals surface area contributed by atoms with Gasteiger partial charge in [0.2, 0.25) is 0 Å². The second kappa shape index (κ2) is 11.7. The van der Waals surface area contributed by atoms with Gasteiger partial charge in [-0.1, -0.05) is 81.9 Å². The van der Waals surface area contributed by atoms with Gasteiger partial charge in [0.05, 0.1) is 0 Å². The normalized spacial score (nSPS) is 19.4. The zero-order chi connectivity index (χ0) is 15.3. The Morgan fingerprint density at radius 3 is 2.57 bits per heavy atom. The van der Waals surface area contributed by atoms with Crippen LogP contribution in [0, 0.1) is 5.92 Å². The topological polar surface area (TPSA) is 58.7 Å². The highest BCUT2D eigenvalue weighted by molar-refractivity contribution is 5.12. The van der Waals surface area contributed by atoms with Crippen LogP contribution in [0.25, 0.3) is 0 Å². The van der Waals surface area contributed by atoms with E-state index < -0.39 is 0 Å². The van der Waals surface area contributed by atoms with E-state index in [1.54, 1.807) is 0 Å². The Morgan fingerprint density at radius 2 is 1.90 bits per heavy atom. The molecule has 0 heterocycles. The van der Waals surface area contributed by atoms with Crippen LogP contribution in [0.3, 0.4) is 0 Å². The highest BCUT2D eigenvalue weighted by Crippen LogP contribution is 2.28. The van der Waals surface area contributed by atoms with Crippen LogP contribution in [0.4, 0.5) is 0 Å². The van der Waals surface area contributed by atoms with E-state index in [4.69, 9.17) is 15.9 Å². The van der Waals surface area contributed by atoms with Gasteiger partial charge >= 0.3 is 0 Å². The van der Waals surface area contributed by atoms with Gasteiger partial charge in [0.15, 0.2) is 0 Å². The second-order valence-corrected chi connectivity index (χ2v) is 5.67. The quantitative estimate of drug-likeness (QED) is 0.378. The number of hydrogen-bond acceptors (Lipinski definition) is 4. The molecule has 0 radical (unpaired) electrons. The molecular formula is C17H30N2O2. The summed E-state index contributed by atoms with van der Waals surface area (Å²) in [4.78, 5) is 5.23. The van der Waals surface area contributed by atoms with E-state index in [-0.39, 0.29) is 6.10 Å². The lowest BCUT2D eigenvalue weighted by molar-refractivity contribution is -0.359. The van der Waals surface area contributed by atoms with Gasteiger partial charge in [-0.25, -0.2) is 5.84 Å². The Kier molecular flexibility index (Phi) is 10.1. The summed E-state index contributed by atoms with van der Waals surface area (Å²) in [5, 5.41) is 9.40. The first kappa shape index (κ1) is 18.1. The lowest BCUT2D eigenvalue weighted by Gasteiger charge is -2.25. The number of nitrogens with zero attached hydrogens (tertiary/aromatic N) is 1. The average molecular weight is 294 g/mol. The highest BCUT2D eigenvalue weighted by atomic mass is 16.9. The van der Waals surface area contributed by atoms with Gasteiger partial charge in [0.25, 0.3) is 0 Å². The summed E-state index contributed by atoms with van der Waals surface area (Å²) in [6.45, 7) is 2.16. The number of nitrogens with two attached hydrogens (primary N) is 1. The fourth-order valence-electron chi connectivity index (χ4n) is 2.70. The minimum absolute atomic E-state index is 0.174. The third kappa shape index (κ3) is 9.58. The molecule has 1 unspecified atom stereocenters. The Morgan fingerprint density at radius 1 is 1.19 bits per heavy atom. The number of unbranched alkanes of at least 4 members (excludes halogenated alkanes) is 1. The van der Waals surface area contributed by atoms with Crippen LogP contribution in [0.2, 0.25) is 0 Å². The summed E-state index contributed by atoms with van der Waals surface area (Å²) in [7, 11) is 0. The molecule has 21 heavy (non-hydrogen) atoms. The molecule has 0 amide bonds. The molecule has 4 heteroatoms. The van der Waals surface area contributed by atoms with E-state index in [9.17, 15) is 0 Å². The molecule has 1 saturated carbocycles. The van der Waals surface area contributed by atoms with Crippen LogP contribution in [0.15, 0.2) is 36.5 Å². The number of hydrogen-bond donors (Lipinski definition) is 2. The molecule has 4 nitrogen and oxygen atoms in total. The third-order valence-corrected chi connectivity index (χ3v) is 3.78. The maximum Gasteiger partial charge on any atom is 0.102 e. The largest absolute Gasteiger partial charge is 0.276 e. The Labute approximate surface area is 128 Å². The predicted octanol–water partition coefficient (Wildman–Crippen LogP) is 4.29. The van der Waals surface area contributed by atoms with E-state index in [0.717, 1.165) is 12.8 Å². The molecule has 1 rings (SSSR count). The maximum absolute atomic E-state index is 9.08. The fraction of sp³-hybridized carbons (Fsp3) is 0.647. The van der Waals surface area contributed by atoms with Gasteiger partial charge in [-0.05, 0) is 18.8 Å². The van der Waals surface area contributed by atoms with Gasteiger partial charge in [-0.15, -0.1) is 0 Å². The molecule has 1 atom stereocenters. The molecule has 1 aliphatic carbocycles. The minimum Gasteiger partial charge on any atom is -0.276 e. The standard InChI is InChI=1S/C17H30N2O2/c1-2-3-4-5-6-7-11-14-17(21-19(18)20)15-16-12-9-8-10-13-16/h4-7,11,14,16-17,20H,2-3,8-10,12-13,15,18H2,1H3/b5-4+,7-6+,14-11+. The van der Waals surface area contributed by atoms with Crippen LogP contribution in [0.1, 0.15) is 58.3 Å².